The molecule has 2 aromatic rings. The van der Waals surface area contributed by atoms with E-state index in [1.165, 1.54) is 18.2 Å². The van der Waals surface area contributed by atoms with E-state index >= 15 is 0 Å². The van der Waals surface area contributed by atoms with Crippen LogP contribution in [-0.2, 0) is 4.74 Å². The number of fused-ring (bicyclic) bond motifs is 1. The van der Waals surface area contributed by atoms with Gasteiger partial charge in [0.15, 0.2) is 6.10 Å². The molecule has 0 fully saturated rings. The lowest BCUT2D eigenvalue weighted by Crippen LogP contribution is -2.22. The van der Waals surface area contributed by atoms with Crippen molar-refractivity contribution in [1.29, 1.82) is 0 Å². The van der Waals surface area contributed by atoms with Crippen molar-refractivity contribution in [3.63, 3.8) is 0 Å². The molecule has 0 saturated carbocycles. The summed E-state index contributed by atoms with van der Waals surface area (Å²) in [7, 11) is 1.05. The number of carbonyl (C=O) groups excluding carboxylic acids is 1. The summed E-state index contributed by atoms with van der Waals surface area (Å²) in [5.74, 6) is -0.963. The first-order valence-corrected chi connectivity index (χ1v) is 5.30. The first-order valence-electron chi connectivity index (χ1n) is 5.30. The minimum atomic E-state index is -4.87. The molecule has 0 saturated heterocycles. The maximum absolute atomic E-state index is 12.7. The van der Waals surface area contributed by atoms with E-state index in [9.17, 15) is 23.1 Å². The van der Waals surface area contributed by atoms with E-state index in [-0.39, 0.29) is 5.39 Å². The van der Waals surface area contributed by atoms with Gasteiger partial charge in [-0.25, -0.2) is 4.79 Å². The van der Waals surface area contributed by atoms with Gasteiger partial charge in [0, 0.05) is 16.5 Å². The molecule has 0 aliphatic carbocycles. The highest BCUT2D eigenvalue weighted by Gasteiger charge is 2.43. The lowest BCUT2D eigenvalue weighted by Gasteiger charge is -2.15. The molecule has 0 bridgehead atoms. The maximum atomic E-state index is 12.7. The van der Waals surface area contributed by atoms with Gasteiger partial charge in [0.25, 0.3) is 0 Å². The molecule has 1 aromatic carbocycles. The Bertz CT molecular complexity index is 618. The van der Waals surface area contributed by atoms with Crippen LogP contribution in [-0.4, -0.2) is 29.3 Å². The van der Waals surface area contributed by atoms with E-state index in [0.717, 1.165) is 7.11 Å². The highest BCUT2D eigenvalue weighted by molar-refractivity contribution is 5.98. The number of esters is 1. The molecular weight excluding hydrogens is 263 g/mol. The Hall–Kier alpha value is -2.02. The molecule has 4 nitrogen and oxygen atoms in total. The quantitative estimate of drug-likeness (QED) is 0.826. The summed E-state index contributed by atoms with van der Waals surface area (Å²) in [5.41, 5.74) is -0.593. The van der Waals surface area contributed by atoms with Crippen LogP contribution in [0.1, 0.15) is 22.2 Å². The number of para-hydroxylation sites is 1. The Morgan fingerprint density at radius 1 is 1.37 bits per heavy atom. The number of H-pyrrole nitrogens is 1. The molecule has 102 valence electrons. The molecule has 0 amide bonds. The van der Waals surface area contributed by atoms with Crippen molar-refractivity contribution in [3.05, 3.63) is 35.5 Å². The van der Waals surface area contributed by atoms with Crippen LogP contribution in [0.5, 0.6) is 0 Å². The Labute approximate surface area is 105 Å². The van der Waals surface area contributed by atoms with Crippen molar-refractivity contribution >= 4 is 16.9 Å². The largest absolute Gasteiger partial charge is 0.464 e. The summed E-state index contributed by atoms with van der Waals surface area (Å²) < 4.78 is 42.4. The van der Waals surface area contributed by atoms with Crippen molar-refractivity contribution < 1.29 is 27.8 Å². The van der Waals surface area contributed by atoms with Gasteiger partial charge < -0.3 is 14.8 Å². The van der Waals surface area contributed by atoms with Crippen LogP contribution in [0.2, 0.25) is 0 Å². The molecule has 0 spiro atoms. The molecule has 1 heterocycles. The predicted octanol–water partition coefficient (Wildman–Crippen LogP) is 2.55. The number of halogens is 3. The predicted molar refractivity (Wildman–Crippen MR) is 60.7 cm³/mol. The van der Waals surface area contributed by atoms with Gasteiger partial charge in [-0.1, -0.05) is 18.2 Å². The number of hydrogen-bond donors (Lipinski definition) is 2. The molecule has 2 N–H and O–H groups in total. The van der Waals surface area contributed by atoms with Crippen molar-refractivity contribution in [2.75, 3.05) is 7.11 Å². The number of aliphatic hydroxyl groups is 1. The highest BCUT2D eigenvalue weighted by Crippen LogP contribution is 2.38. The van der Waals surface area contributed by atoms with Gasteiger partial charge in [0.1, 0.15) is 5.69 Å². The molecule has 7 heteroatoms. The van der Waals surface area contributed by atoms with Crippen LogP contribution < -0.4 is 0 Å². The van der Waals surface area contributed by atoms with Crippen LogP contribution in [0, 0.1) is 0 Å². The van der Waals surface area contributed by atoms with E-state index in [4.69, 9.17) is 0 Å². The third-order valence-corrected chi connectivity index (χ3v) is 2.72. The topological polar surface area (TPSA) is 62.3 Å². The third-order valence-electron chi connectivity index (χ3n) is 2.72. The van der Waals surface area contributed by atoms with Gasteiger partial charge >= 0.3 is 12.1 Å². The Balaban J connectivity index is 2.71. The zero-order valence-electron chi connectivity index (χ0n) is 9.78. The number of aromatic nitrogens is 1. The smallest absolute Gasteiger partial charge is 0.418 e. The minimum absolute atomic E-state index is 0.132. The molecule has 2 rings (SSSR count). The van der Waals surface area contributed by atoms with Gasteiger partial charge in [-0.2, -0.15) is 13.2 Å². The number of methoxy groups -OCH3 is 1. The zero-order valence-corrected chi connectivity index (χ0v) is 9.78. The molecule has 0 aliphatic rings. The van der Waals surface area contributed by atoms with Crippen molar-refractivity contribution in [3.8, 4) is 0 Å². The summed E-state index contributed by atoms with van der Waals surface area (Å²) in [6.45, 7) is 0. The van der Waals surface area contributed by atoms with Crippen LogP contribution in [0.3, 0.4) is 0 Å². The third kappa shape index (κ3) is 2.28. The molecule has 1 atom stereocenters. The average molecular weight is 273 g/mol. The number of aliphatic hydroxyl groups excluding tert-OH is 1. The Kier molecular flexibility index (Phi) is 3.23. The molecule has 1 aromatic heterocycles. The summed E-state index contributed by atoms with van der Waals surface area (Å²) >= 11 is 0. The number of carbonyl (C=O) groups is 1. The number of rotatable bonds is 2. The monoisotopic (exact) mass is 273 g/mol. The summed E-state index contributed by atoms with van der Waals surface area (Å²) in [5, 5.41) is 9.55. The van der Waals surface area contributed by atoms with Gasteiger partial charge in [0.05, 0.1) is 7.11 Å². The first kappa shape index (κ1) is 13.4. The second kappa shape index (κ2) is 4.58. The van der Waals surface area contributed by atoms with Gasteiger partial charge in [-0.3, -0.25) is 0 Å². The summed E-state index contributed by atoms with van der Waals surface area (Å²) in [6.07, 6.45) is -7.62. The van der Waals surface area contributed by atoms with E-state index in [2.05, 4.69) is 9.72 Å². The number of aromatic amines is 1. The summed E-state index contributed by atoms with van der Waals surface area (Å²) in [6, 6.07) is 6.02. The van der Waals surface area contributed by atoms with Crippen LogP contribution in [0.25, 0.3) is 10.9 Å². The fourth-order valence-corrected chi connectivity index (χ4v) is 1.87. The van der Waals surface area contributed by atoms with Crippen LogP contribution in [0.15, 0.2) is 24.3 Å². The standard InChI is InChI=1S/C12H10F3NO3/c1-19-11(18)9-8(10(17)12(13,14)15)6-4-2-3-5-7(6)16-9/h2-5,10,16-17H,1H3. The highest BCUT2D eigenvalue weighted by atomic mass is 19.4. The molecule has 0 radical (unpaired) electrons. The lowest BCUT2D eigenvalue weighted by atomic mass is 10.0. The first-order chi connectivity index (χ1) is 8.86. The van der Waals surface area contributed by atoms with Crippen molar-refractivity contribution in [2.45, 2.75) is 12.3 Å². The normalized spacial score (nSPS) is 13.5. The Morgan fingerprint density at radius 3 is 2.58 bits per heavy atom. The number of benzene rings is 1. The number of hydrogen-bond acceptors (Lipinski definition) is 3. The molecule has 19 heavy (non-hydrogen) atoms. The molecular formula is C12H10F3NO3. The average Bonchev–Trinajstić information content (AvgIpc) is 2.74. The number of nitrogens with one attached hydrogen (secondary N) is 1. The van der Waals surface area contributed by atoms with E-state index in [1.807, 2.05) is 0 Å². The van der Waals surface area contributed by atoms with Gasteiger partial charge in [-0.05, 0) is 6.07 Å². The number of alkyl halides is 3. The van der Waals surface area contributed by atoms with E-state index < -0.39 is 29.5 Å². The second-order valence-corrected chi connectivity index (χ2v) is 3.89. The van der Waals surface area contributed by atoms with Gasteiger partial charge in [-0.15, -0.1) is 0 Å². The Morgan fingerprint density at radius 2 is 2.00 bits per heavy atom. The number of ether oxygens (including phenoxy) is 1. The van der Waals surface area contributed by atoms with Gasteiger partial charge in [0.2, 0.25) is 0 Å². The molecule has 0 aliphatic heterocycles. The lowest BCUT2D eigenvalue weighted by molar-refractivity contribution is -0.206. The summed E-state index contributed by atoms with van der Waals surface area (Å²) in [4.78, 5) is 14.0. The second-order valence-electron chi connectivity index (χ2n) is 3.89. The van der Waals surface area contributed by atoms with Crippen molar-refractivity contribution in [2.24, 2.45) is 0 Å². The van der Waals surface area contributed by atoms with E-state index in [0.29, 0.717) is 5.52 Å². The fraction of sp³-hybridized carbons (Fsp3) is 0.250. The maximum Gasteiger partial charge on any atom is 0.418 e. The van der Waals surface area contributed by atoms with E-state index in [1.54, 1.807) is 6.07 Å². The fourth-order valence-electron chi connectivity index (χ4n) is 1.87. The zero-order chi connectivity index (χ0) is 14.2. The minimum Gasteiger partial charge on any atom is -0.464 e. The SMILES string of the molecule is COC(=O)c1[nH]c2ccccc2c1C(O)C(F)(F)F. The van der Waals surface area contributed by atoms with Crippen LogP contribution in [0.4, 0.5) is 13.2 Å². The molecule has 1 unspecified atom stereocenters. The van der Waals surface area contributed by atoms with Crippen LogP contribution >= 0.6 is 0 Å². The van der Waals surface area contributed by atoms with Crippen molar-refractivity contribution in [1.82, 2.24) is 4.98 Å².